The summed E-state index contributed by atoms with van der Waals surface area (Å²) in [5.41, 5.74) is 6.66. The highest BCUT2D eigenvalue weighted by Gasteiger charge is 2.15. The van der Waals surface area contributed by atoms with Crippen molar-refractivity contribution in [3.63, 3.8) is 0 Å². The van der Waals surface area contributed by atoms with E-state index >= 15 is 0 Å². The van der Waals surface area contributed by atoms with Gasteiger partial charge < -0.3 is 10.5 Å². The van der Waals surface area contributed by atoms with Crippen LogP contribution in [0.25, 0.3) is 0 Å². The monoisotopic (exact) mass is 277 g/mol. The molecule has 0 bridgehead atoms. The number of carbonyl (C=O) groups excluding carboxylic acids is 1. The largest absolute Gasteiger partial charge is 0.466 e. The van der Waals surface area contributed by atoms with Crippen LogP contribution in [0, 0.1) is 0 Å². The molecule has 0 radical (unpaired) electrons. The van der Waals surface area contributed by atoms with Crippen molar-refractivity contribution in [2.24, 2.45) is 5.73 Å². The third-order valence-corrected chi connectivity index (χ3v) is 2.60. The van der Waals surface area contributed by atoms with Crippen LogP contribution in [0.3, 0.4) is 0 Å². The second-order valence-electron chi connectivity index (χ2n) is 3.49. The molecule has 0 aliphatic carbocycles. The highest BCUT2D eigenvalue weighted by molar-refractivity contribution is 6.30. The van der Waals surface area contributed by atoms with Crippen molar-refractivity contribution >= 4 is 30.0 Å². The number of esters is 1. The van der Waals surface area contributed by atoms with Gasteiger partial charge in [-0.05, 0) is 31.2 Å². The topological polar surface area (TPSA) is 52.3 Å². The Balaban J connectivity index is 0.00000256. The minimum atomic E-state index is -0.215. The van der Waals surface area contributed by atoms with Crippen LogP contribution in [0.5, 0.6) is 0 Å². The quantitative estimate of drug-likeness (QED) is 0.842. The molecule has 0 spiro atoms. The van der Waals surface area contributed by atoms with Gasteiger partial charge in [-0.2, -0.15) is 0 Å². The maximum Gasteiger partial charge on any atom is 0.306 e. The van der Waals surface area contributed by atoms with E-state index < -0.39 is 0 Å². The van der Waals surface area contributed by atoms with Gasteiger partial charge in [-0.3, -0.25) is 4.79 Å². The van der Waals surface area contributed by atoms with Gasteiger partial charge in [0.2, 0.25) is 0 Å². The van der Waals surface area contributed by atoms with E-state index in [1.165, 1.54) is 0 Å². The number of halogens is 2. The van der Waals surface area contributed by atoms with Crippen molar-refractivity contribution in [1.82, 2.24) is 0 Å². The van der Waals surface area contributed by atoms with Crippen molar-refractivity contribution < 1.29 is 9.53 Å². The van der Waals surface area contributed by atoms with Crippen LogP contribution in [0.2, 0.25) is 5.02 Å². The van der Waals surface area contributed by atoms with Crippen molar-refractivity contribution in [2.75, 3.05) is 13.2 Å². The van der Waals surface area contributed by atoms with Gasteiger partial charge in [0.1, 0.15) is 0 Å². The first kappa shape index (κ1) is 16.2. The first-order chi connectivity index (χ1) is 7.67. The summed E-state index contributed by atoms with van der Waals surface area (Å²) in [5, 5.41) is 0.677. The van der Waals surface area contributed by atoms with E-state index in [2.05, 4.69) is 0 Å². The van der Waals surface area contributed by atoms with E-state index in [9.17, 15) is 4.79 Å². The number of carbonyl (C=O) groups is 1. The number of ether oxygens (including phenoxy) is 1. The second kappa shape index (κ2) is 8.34. The van der Waals surface area contributed by atoms with E-state index in [0.29, 0.717) is 24.6 Å². The Bertz CT molecular complexity index is 341. The third-order valence-electron chi connectivity index (χ3n) is 2.34. The maximum atomic E-state index is 11.3. The summed E-state index contributed by atoms with van der Waals surface area (Å²) < 4.78 is 4.90. The minimum Gasteiger partial charge on any atom is -0.466 e. The standard InChI is InChI=1S/C12H16ClNO2.ClH/c1-2-16-12(15)7-10(8-14)9-3-5-11(13)6-4-9;/h3-6,10H,2,7-8,14H2,1H3;1H. The van der Waals surface area contributed by atoms with Gasteiger partial charge in [0.05, 0.1) is 13.0 Å². The molecule has 0 aliphatic rings. The Morgan fingerprint density at radius 3 is 2.47 bits per heavy atom. The molecule has 0 saturated heterocycles. The highest BCUT2D eigenvalue weighted by Crippen LogP contribution is 2.21. The third kappa shape index (κ3) is 5.39. The lowest BCUT2D eigenvalue weighted by atomic mass is 9.96. The number of hydrogen-bond donors (Lipinski definition) is 1. The fourth-order valence-electron chi connectivity index (χ4n) is 1.49. The summed E-state index contributed by atoms with van der Waals surface area (Å²) >= 11 is 5.79. The molecule has 0 saturated carbocycles. The summed E-state index contributed by atoms with van der Waals surface area (Å²) in [6, 6.07) is 7.37. The number of rotatable bonds is 5. The molecular weight excluding hydrogens is 261 g/mol. The predicted molar refractivity (Wildman–Crippen MR) is 71.7 cm³/mol. The van der Waals surface area contributed by atoms with Crippen LogP contribution in [-0.4, -0.2) is 19.1 Å². The molecule has 3 nitrogen and oxygen atoms in total. The van der Waals surface area contributed by atoms with Gasteiger partial charge in [0.25, 0.3) is 0 Å². The van der Waals surface area contributed by atoms with Crippen LogP contribution in [0.4, 0.5) is 0 Å². The van der Waals surface area contributed by atoms with Gasteiger partial charge in [-0.25, -0.2) is 0 Å². The average molecular weight is 278 g/mol. The number of benzene rings is 1. The Morgan fingerprint density at radius 2 is 2.00 bits per heavy atom. The molecule has 1 unspecified atom stereocenters. The van der Waals surface area contributed by atoms with Crippen LogP contribution < -0.4 is 5.73 Å². The summed E-state index contributed by atoms with van der Waals surface area (Å²) in [6.07, 6.45) is 0.311. The molecule has 0 fully saturated rings. The van der Waals surface area contributed by atoms with Gasteiger partial charge >= 0.3 is 5.97 Å². The van der Waals surface area contributed by atoms with E-state index in [-0.39, 0.29) is 24.3 Å². The van der Waals surface area contributed by atoms with Crippen molar-refractivity contribution in [1.29, 1.82) is 0 Å². The first-order valence-electron chi connectivity index (χ1n) is 5.28. The molecule has 0 amide bonds. The normalized spacial score (nSPS) is 11.5. The lowest BCUT2D eigenvalue weighted by Crippen LogP contribution is -2.18. The summed E-state index contributed by atoms with van der Waals surface area (Å²) in [6.45, 7) is 2.61. The second-order valence-corrected chi connectivity index (χ2v) is 3.93. The minimum absolute atomic E-state index is 0. The van der Waals surface area contributed by atoms with Gasteiger partial charge in [-0.1, -0.05) is 23.7 Å². The Hall–Kier alpha value is -0.770. The SMILES string of the molecule is CCOC(=O)CC(CN)c1ccc(Cl)cc1.Cl. The lowest BCUT2D eigenvalue weighted by Gasteiger charge is -2.14. The van der Waals surface area contributed by atoms with E-state index in [1.807, 2.05) is 12.1 Å². The predicted octanol–water partition coefficient (Wildman–Crippen LogP) is 2.76. The molecule has 96 valence electrons. The fourth-order valence-corrected chi connectivity index (χ4v) is 1.62. The fraction of sp³-hybridized carbons (Fsp3) is 0.417. The van der Waals surface area contributed by atoms with E-state index in [1.54, 1.807) is 19.1 Å². The molecule has 5 heteroatoms. The summed E-state index contributed by atoms with van der Waals surface area (Å²) in [5.74, 6) is -0.218. The van der Waals surface area contributed by atoms with Crippen molar-refractivity contribution in [3.8, 4) is 0 Å². The number of hydrogen-bond acceptors (Lipinski definition) is 3. The molecule has 0 heterocycles. The van der Waals surface area contributed by atoms with E-state index in [0.717, 1.165) is 5.56 Å². The first-order valence-corrected chi connectivity index (χ1v) is 5.66. The molecule has 1 aromatic carbocycles. The molecule has 0 aliphatic heterocycles. The maximum absolute atomic E-state index is 11.3. The molecule has 1 atom stereocenters. The van der Waals surface area contributed by atoms with Crippen molar-refractivity contribution in [3.05, 3.63) is 34.9 Å². The van der Waals surface area contributed by atoms with Crippen LogP contribution in [-0.2, 0) is 9.53 Å². The van der Waals surface area contributed by atoms with Gasteiger partial charge in [0.15, 0.2) is 0 Å². The van der Waals surface area contributed by atoms with Gasteiger partial charge in [-0.15, -0.1) is 12.4 Å². The van der Waals surface area contributed by atoms with E-state index in [4.69, 9.17) is 22.1 Å². The average Bonchev–Trinajstić information content (AvgIpc) is 2.27. The Kier molecular flexibility index (Phi) is 7.96. The molecule has 2 N–H and O–H groups in total. The highest BCUT2D eigenvalue weighted by atomic mass is 35.5. The lowest BCUT2D eigenvalue weighted by molar-refractivity contribution is -0.143. The zero-order chi connectivity index (χ0) is 12.0. The summed E-state index contributed by atoms with van der Waals surface area (Å²) in [7, 11) is 0. The zero-order valence-electron chi connectivity index (χ0n) is 9.69. The number of nitrogens with two attached hydrogens (primary N) is 1. The zero-order valence-corrected chi connectivity index (χ0v) is 11.3. The van der Waals surface area contributed by atoms with Crippen LogP contribution in [0.1, 0.15) is 24.8 Å². The van der Waals surface area contributed by atoms with Crippen LogP contribution in [0.15, 0.2) is 24.3 Å². The van der Waals surface area contributed by atoms with Crippen molar-refractivity contribution in [2.45, 2.75) is 19.3 Å². The van der Waals surface area contributed by atoms with Crippen LogP contribution >= 0.6 is 24.0 Å². The molecule has 17 heavy (non-hydrogen) atoms. The van der Waals surface area contributed by atoms with Gasteiger partial charge in [0, 0.05) is 10.9 Å². The molecule has 1 aromatic rings. The Labute approximate surface area is 113 Å². The molecular formula is C12H17Cl2NO2. The molecule has 0 aromatic heterocycles. The molecule has 1 rings (SSSR count). The Morgan fingerprint density at radius 1 is 1.41 bits per heavy atom. The summed E-state index contributed by atoms with van der Waals surface area (Å²) in [4.78, 5) is 11.3. The smallest absolute Gasteiger partial charge is 0.306 e.